The predicted octanol–water partition coefficient (Wildman–Crippen LogP) is 4.92. The van der Waals surface area contributed by atoms with Gasteiger partial charge in [-0.05, 0) is 80.4 Å². The Morgan fingerprint density at radius 1 is 1.20 bits per heavy atom. The average molecular weight is 556 g/mol. The molecule has 1 N–H and O–H groups in total. The first kappa shape index (κ1) is 26.9. The molecule has 0 amide bonds. The molecule has 0 aromatic carbocycles. The minimum Gasteiger partial charge on any atom is -0.469 e. The van der Waals surface area contributed by atoms with Gasteiger partial charge < -0.3 is 28.8 Å². The zero-order valence-corrected chi connectivity index (χ0v) is 24.0. The molecule has 4 bridgehead atoms. The fourth-order valence-corrected chi connectivity index (χ4v) is 10.3. The second-order valence-electron chi connectivity index (χ2n) is 14.1. The summed E-state index contributed by atoms with van der Waals surface area (Å²) >= 11 is 0. The number of rotatable bonds is 6. The van der Waals surface area contributed by atoms with Gasteiger partial charge in [0.15, 0.2) is 17.9 Å². The van der Waals surface area contributed by atoms with Gasteiger partial charge in [0.2, 0.25) is 5.79 Å². The van der Waals surface area contributed by atoms with E-state index in [2.05, 4.69) is 30.5 Å². The van der Waals surface area contributed by atoms with E-state index in [9.17, 15) is 9.90 Å². The zero-order valence-electron chi connectivity index (χ0n) is 24.0. The summed E-state index contributed by atoms with van der Waals surface area (Å²) in [6.45, 7) is 13.7. The lowest BCUT2D eigenvalue weighted by atomic mass is 9.36. The van der Waals surface area contributed by atoms with Gasteiger partial charge in [-0.15, -0.1) is 0 Å². The molecule has 3 spiro atoms. The van der Waals surface area contributed by atoms with Crippen molar-refractivity contribution in [3.8, 4) is 0 Å². The highest BCUT2D eigenvalue weighted by Crippen LogP contribution is 2.80. The van der Waals surface area contributed by atoms with Gasteiger partial charge in [0.05, 0.1) is 24.7 Å². The van der Waals surface area contributed by atoms with Crippen molar-refractivity contribution in [3.05, 3.63) is 33.9 Å². The van der Waals surface area contributed by atoms with Gasteiger partial charge in [-0.3, -0.25) is 4.79 Å². The van der Waals surface area contributed by atoms with Gasteiger partial charge in [0, 0.05) is 29.7 Å². The highest BCUT2D eigenvalue weighted by molar-refractivity contribution is 6.05. The molecule has 8 aliphatic rings. The van der Waals surface area contributed by atoms with Crippen LogP contribution in [0.25, 0.3) is 10.4 Å². The summed E-state index contributed by atoms with van der Waals surface area (Å²) in [4.78, 5) is 17.2. The first-order chi connectivity index (χ1) is 19.0. The first-order valence-corrected chi connectivity index (χ1v) is 14.9. The third-order valence-corrected chi connectivity index (χ3v) is 11.2. The number of hydrogen-bond acceptors (Lipinski definition) is 8. The predicted molar refractivity (Wildman–Crippen MR) is 142 cm³/mol. The molecule has 6 fully saturated rings. The van der Waals surface area contributed by atoms with Crippen LogP contribution in [0, 0.1) is 34.0 Å². The third kappa shape index (κ3) is 3.08. The number of Topliss-reactive ketones (excluding diaryl/α,β-unsaturated/α-hetero) is 1. The summed E-state index contributed by atoms with van der Waals surface area (Å²) in [5.41, 5.74) is 8.15. The Kier molecular flexibility index (Phi) is 5.76. The molecule has 0 radical (unpaired) electrons. The topological polar surface area (TPSA) is 132 Å². The second kappa shape index (κ2) is 8.55. The third-order valence-electron chi connectivity index (χ3n) is 11.2. The van der Waals surface area contributed by atoms with Crippen LogP contribution in [0.2, 0.25) is 0 Å². The molecule has 3 saturated heterocycles. The van der Waals surface area contributed by atoms with Crippen molar-refractivity contribution in [2.75, 3.05) is 19.8 Å². The van der Waals surface area contributed by atoms with Crippen molar-refractivity contribution in [1.29, 1.82) is 0 Å². The van der Waals surface area contributed by atoms with Gasteiger partial charge in [-0.25, -0.2) is 0 Å². The van der Waals surface area contributed by atoms with Crippen LogP contribution in [-0.4, -0.2) is 60.7 Å². The van der Waals surface area contributed by atoms with E-state index < -0.39 is 40.9 Å². The molecule has 40 heavy (non-hydrogen) atoms. The van der Waals surface area contributed by atoms with E-state index in [1.807, 2.05) is 13.8 Å². The Hall–Kier alpha value is -1.94. The summed E-state index contributed by atoms with van der Waals surface area (Å²) in [7, 11) is 0. The summed E-state index contributed by atoms with van der Waals surface area (Å²) < 4.78 is 33.0. The molecule has 0 unspecified atom stereocenters. The number of aliphatic hydroxyl groups excluding tert-OH is 1. The molecule has 10 nitrogen and oxygen atoms in total. The Morgan fingerprint density at radius 2 is 2.00 bits per heavy atom. The Balaban J connectivity index is 1.32. The monoisotopic (exact) mass is 555 g/mol. The molecular weight excluding hydrogens is 514 g/mol. The largest absolute Gasteiger partial charge is 0.469 e. The fourth-order valence-electron chi connectivity index (χ4n) is 10.3. The number of nitrogens with zero attached hydrogens (tertiary/aromatic N) is 3. The molecule has 218 valence electrons. The van der Waals surface area contributed by atoms with Crippen LogP contribution >= 0.6 is 0 Å². The lowest BCUT2D eigenvalue weighted by Gasteiger charge is -2.77. The number of fused-ring (bicyclic) bond motifs is 1. The number of azide groups is 1. The maximum absolute atomic E-state index is 14.4. The summed E-state index contributed by atoms with van der Waals surface area (Å²) in [6.07, 6.45) is 3.55. The van der Waals surface area contributed by atoms with Crippen LogP contribution in [0.1, 0.15) is 72.6 Å². The minimum atomic E-state index is -1.50. The lowest BCUT2D eigenvalue weighted by Crippen LogP contribution is -2.87. The van der Waals surface area contributed by atoms with E-state index >= 15 is 0 Å². The van der Waals surface area contributed by atoms with Gasteiger partial charge in [0.25, 0.3) is 0 Å². The zero-order chi connectivity index (χ0) is 28.3. The quantitative estimate of drug-likeness (QED) is 0.162. The van der Waals surface area contributed by atoms with Crippen molar-refractivity contribution < 1.29 is 33.6 Å². The highest BCUT2D eigenvalue weighted by Gasteiger charge is 2.90. The molecule has 10 heteroatoms. The van der Waals surface area contributed by atoms with Crippen molar-refractivity contribution in [3.63, 3.8) is 0 Å². The van der Waals surface area contributed by atoms with Crippen molar-refractivity contribution >= 4 is 5.78 Å². The van der Waals surface area contributed by atoms with Gasteiger partial charge in [-0.1, -0.05) is 25.5 Å². The molecule has 9 atom stereocenters. The van der Waals surface area contributed by atoms with Gasteiger partial charge in [-0.2, -0.15) is 0 Å². The SMILES string of the molecule is C=C1C(=O)[C@@]23[C@@H]4OC(C)(C)O[C@@]25OC[C@]2(C6=C(CC[C@H](OCCCCN=[N+]=[N-])O6)CC(C)(C)[C@H]2[C@@H]5O)[C@@H]3CC[C@@H]14. The van der Waals surface area contributed by atoms with Crippen LogP contribution in [0.3, 0.4) is 0 Å². The lowest BCUT2D eigenvalue weighted by molar-refractivity contribution is -0.527. The van der Waals surface area contributed by atoms with E-state index in [0.29, 0.717) is 25.3 Å². The number of aliphatic hydroxyl groups is 1. The number of carbonyl (C=O) groups is 1. The smallest absolute Gasteiger partial charge is 0.213 e. The normalized spacial score (nSPS) is 47.1. The van der Waals surface area contributed by atoms with Crippen molar-refractivity contribution in [1.82, 2.24) is 0 Å². The molecule has 8 rings (SSSR count). The second-order valence-corrected chi connectivity index (χ2v) is 14.1. The van der Waals surface area contributed by atoms with Gasteiger partial charge in [0.1, 0.15) is 17.3 Å². The molecule has 4 aliphatic heterocycles. The average Bonchev–Trinajstić information content (AvgIpc) is 3.01. The van der Waals surface area contributed by atoms with Crippen LogP contribution in [0.15, 0.2) is 28.6 Å². The Labute approximate surface area is 235 Å². The molecule has 4 heterocycles. The molecule has 3 saturated carbocycles. The summed E-state index contributed by atoms with van der Waals surface area (Å²) in [6, 6.07) is 0. The first-order valence-electron chi connectivity index (χ1n) is 14.9. The van der Waals surface area contributed by atoms with Gasteiger partial charge >= 0.3 is 0 Å². The number of hydrogen-bond donors (Lipinski definition) is 1. The molecule has 0 aromatic rings. The maximum Gasteiger partial charge on any atom is 0.213 e. The molecule has 0 aromatic heterocycles. The van der Waals surface area contributed by atoms with Crippen LogP contribution in [0.4, 0.5) is 0 Å². The minimum absolute atomic E-state index is 0.0776. The van der Waals surface area contributed by atoms with E-state index in [0.717, 1.165) is 50.7 Å². The van der Waals surface area contributed by atoms with Crippen molar-refractivity contribution in [2.24, 2.45) is 39.1 Å². The van der Waals surface area contributed by atoms with Crippen LogP contribution in [-0.2, 0) is 28.5 Å². The summed E-state index contributed by atoms with van der Waals surface area (Å²) in [5.74, 6) is -2.28. The van der Waals surface area contributed by atoms with Crippen LogP contribution in [0.5, 0.6) is 0 Å². The van der Waals surface area contributed by atoms with E-state index in [1.165, 1.54) is 5.57 Å². The fraction of sp³-hybridized carbons (Fsp3) is 0.833. The Morgan fingerprint density at radius 3 is 2.77 bits per heavy atom. The highest BCUT2D eigenvalue weighted by atomic mass is 16.8. The number of unbranched alkanes of at least 4 members (excludes halogenated alkanes) is 1. The van der Waals surface area contributed by atoms with E-state index in [-0.39, 0.29) is 29.0 Å². The maximum atomic E-state index is 14.4. The number of ether oxygens (including phenoxy) is 5. The summed E-state index contributed by atoms with van der Waals surface area (Å²) in [5, 5.41) is 16.1. The van der Waals surface area contributed by atoms with Crippen molar-refractivity contribution in [2.45, 2.75) is 103 Å². The van der Waals surface area contributed by atoms with Crippen LogP contribution < -0.4 is 0 Å². The number of ketones is 1. The van der Waals surface area contributed by atoms with E-state index in [4.69, 9.17) is 29.2 Å². The Bertz CT molecular complexity index is 1240. The molecular formula is C30H41N3O7. The number of carbonyl (C=O) groups excluding carboxylic acids is 1. The van der Waals surface area contributed by atoms with E-state index in [1.54, 1.807) is 0 Å². The number of allylic oxidation sites excluding steroid dienone is 1. The standard InChI is InChI=1S/C30H41N3O7/c1-16-18-9-10-19-28-15-37-30(29(19,22(16)34)25(18)39-27(4,5)40-30)23(35)21(28)26(2,3)14-17-8-11-20(38-24(17)28)36-13-7-6-12-32-33-31/h18-21,23,25,35H,1,6-15H2,2-5H3/t18-,19-,20+,21+,23-,25+,28-,29-,30+/m0/s1. The molecule has 4 aliphatic carbocycles.